The average molecular weight is 357 g/mol. The molecule has 2 nitrogen and oxygen atoms in total. The van der Waals surface area contributed by atoms with Gasteiger partial charge in [0.25, 0.3) is 0 Å². The second-order valence-corrected chi connectivity index (χ2v) is 6.92. The summed E-state index contributed by atoms with van der Waals surface area (Å²) in [5, 5.41) is 14.0. The van der Waals surface area contributed by atoms with Crippen LogP contribution in [0.2, 0.25) is 0 Å². The van der Waals surface area contributed by atoms with E-state index in [0.717, 1.165) is 30.4 Å². The van der Waals surface area contributed by atoms with E-state index in [-0.39, 0.29) is 6.10 Å². The van der Waals surface area contributed by atoms with Crippen LogP contribution in [0.4, 0.5) is 0 Å². The molecule has 1 aromatic carbocycles. The number of aliphatic hydroxyl groups is 1. The largest absolute Gasteiger partial charge is 0.388 e. The fraction of sp³-hybridized carbons (Fsp3) is 0.600. The van der Waals surface area contributed by atoms with Crippen LogP contribution < -0.4 is 5.32 Å². The molecule has 0 spiro atoms. The first-order valence-corrected chi connectivity index (χ1v) is 7.99. The summed E-state index contributed by atoms with van der Waals surface area (Å²) in [4.78, 5) is 0. The van der Waals surface area contributed by atoms with Gasteiger partial charge in [0.05, 0.1) is 6.10 Å². The van der Waals surface area contributed by atoms with Crippen LogP contribution in [0.25, 0.3) is 0 Å². The van der Waals surface area contributed by atoms with Gasteiger partial charge in [-0.05, 0) is 77.9 Å². The Labute approximate surface area is 122 Å². The molecule has 18 heavy (non-hydrogen) atoms. The van der Waals surface area contributed by atoms with Crippen molar-refractivity contribution in [3.05, 3.63) is 33.4 Å². The number of rotatable bonds is 3. The second-order valence-electron chi connectivity index (χ2n) is 5.67. The van der Waals surface area contributed by atoms with Crippen molar-refractivity contribution in [3.63, 3.8) is 0 Å². The number of fused-ring (bicyclic) bond motifs is 1. The Morgan fingerprint density at radius 3 is 2.83 bits per heavy atom. The quantitative estimate of drug-likeness (QED) is 0.815. The molecule has 0 bridgehead atoms. The van der Waals surface area contributed by atoms with E-state index < -0.39 is 0 Å². The van der Waals surface area contributed by atoms with Crippen LogP contribution in [-0.2, 0) is 0 Å². The summed E-state index contributed by atoms with van der Waals surface area (Å²) in [5.74, 6) is 1.68. The van der Waals surface area contributed by atoms with E-state index in [2.05, 4.69) is 40.0 Å². The molecule has 3 rings (SSSR count). The molecule has 0 amide bonds. The molecule has 4 unspecified atom stereocenters. The number of benzene rings is 1. The minimum Gasteiger partial charge on any atom is -0.388 e. The van der Waals surface area contributed by atoms with Gasteiger partial charge in [-0.25, -0.2) is 0 Å². The molecular formula is C15H20INO. The van der Waals surface area contributed by atoms with E-state index in [1.807, 2.05) is 12.1 Å². The van der Waals surface area contributed by atoms with Crippen LogP contribution in [0.1, 0.15) is 37.4 Å². The number of aliphatic hydroxyl groups excluding tert-OH is 1. The molecule has 0 radical (unpaired) electrons. The summed E-state index contributed by atoms with van der Waals surface area (Å²) >= 11 is 2.30. The van der Waals surface area contributed by atoms with E-state index in [1.165, 1.54) is 22.8 Å². The van der Waals surface area contributed by atoms with Crippen molar-refractivity contribution < 1.29 is 5.11 Å². The Morgan fingerprint density at radius 1 is 1.28 bits per heavy atom. The highest BCUT2D eigenvalue weighted by atomic mass is 127. The van der Waals surface area contributed by atoms with Gasteiger partial charge in [-0.3, -0.25) is 0 Å². The first kappa shape index (κ1) is 12.9. The van der Waals surface area contributed by atoms with Crippen LogP contribution in [-0.4, -0.2) is 17.7 Å². The van der Waals surface area contributed by atoms with Gasteiger partial charge >= 0.3 is 0 Å². The molecule has 3 heteroatoms. The van der Waals surface area contributed by atoms with Crippen molar-refractivity contribution in [1.29, 1.82) is 0 Å². The van der Waals surface area contributed by atoms with E-state index >= 15 is 0 Å². The molecule has 1 aliphatic carbocycles. The summed E-state index contributed by atoms with van der Waals surface area (Å²) < 4.78 is 1.22. The van der Waals surface area contributed by atoms with Gasteiger partial charge in [0.2, 0.25) is 0 Å². The number of nitrogens with one attached hydrogen (secondary N) is 1. The standard InChI is InChI=1S/C15H20INO/c16-12-6-4-10(5-7-12)15(18)8-14-13-3-1-2-11(13)9-17-14/h4-7,11,13-15,17-18H,1-3,8-9H2. The van der Waals surface area contributed by atoms with Crippen LogP contribution in [0.15, 0.2) is 24.3 Å². The molecule has 1 aliphatic heterocycles. The van der Waals surface area contributed by atoms with Crippen LogP contribution in [0.5, 0.6) is 0 Å². The highest BCUT2D eigenvalue weighted by Gasteiger charge is 2.39. The molecule has 4 atom stereocenters. The Balaban J connectivity index is 1.64. The minimum absolute atomic E-state index is 0.321. The Kier molecular flexibility index (Phi) is 3.91. The number of hydrogen-bond donors (Lipinski definition) is 2. The lowest BCUT2D eigenvalue weighted by molar-refractivity contribution is 0.145. The molecule has 0 aromatic heterocycles. The van der Waals surface area contributed by atoms with Crippen LogP contribution >= 0.6 is 22.6 Å². The van der Waals surface area contributed by atoms with Gasteiger partial charge < -0.3 is 10.4 Å². The van der Waals surface area contributed by atoms with E-state index in [0.29, 0.717) is 6.04 Å². The van der Waals surface area contributed by atoms with Gasteiger partial charge in [0, 0.05) is 9.61 Å². The summed E-state index contributed by atoms with van der Waals surface area (Å²) in [6.45, 7) is 1.16. The lowest BCUT2D eigenvalue weighted by Crippen LogP contribution is -2.28. The maximum atomic E-state index is 10.3. The molecule has 1 saturated carbocycles. The van der Waals surface area contributed by atoms with Gasteiger partial charge in [-0.2, -0.15) is 0 Å². The zero-order valence-corrected chi connectivity index (χ0v) is 12.6. The van der Waals surface area contributed by atoms with Crippen molar-refractivity contribution in [2.75, 3.05) is 6.54 Å². The topological polar surface area (TPSA) is 32.3 Å². The summed E-state index contributed by atoms with van der Waals surface area (Å²) in [5.41, 5.74) is 1.05. The SMILES string of the molecule is OC(CC1NCC2CCCC21)c1ccc(I)cc1. The van der Waals surface area contributed by atoms with Gasteiger partial charge in [-0.1, -0.05) is 18.6 Å². The summed E-state index contributed by atoms with van der Waals surface area (Å²) in [6, 6.07) is 8.76. The third-order valence-electron chi connectivity index (χ3n) is 4.61. The monoisotopic (exact) mass is 357 g/mol. The van der Waals surface area contributed by atoms with E-state index in [1.54, 1.807) is 0 Å². The molecular weight excluding hydrogens is 337 g/mol. The fourth-order valence-corrected chi connectivity index (χ4v) is 3.98. The van der Waals surface area contributed by atoms with Crippen LogP contribution in [0, 0.1) is 15.4 Å². The maximum Gasteiger partial charge on any atom is 0.0805 e. The van der Waals surface area contributed by atoms with E-state index in [4.69, 9.17) is 0 Å². The van der Waals surface area contributed by atoms with E-state index in [9.17, 15) is 5.11 Å². The molecule has 1 saturated heterocycles. The third-order valence-corrected chi connectivity index (χ3v) is 5.33. The fourth-order valence-electron chi connectivity index (χ4n) is 3.62. The molecule has 1 heterocycles. The zero-order valence-electron chi connectivity index (χ0n) is 10.5. The molecule has 2 aliphatic rings. The maximum absolute atomic E-state index is 10.3. The first-order chi connectivity index (χ1) is 8.74. The predicted molar refractivity (Wildman–Crippen MR) is 81.4 cm³/mol. The van der Waals surface area contributed by atoms with Crippen molar-refractivity contribution >= 4 is 22.6 Å². The Bertz CT molecular complexity index is 405. The lowest BCUT2D eigenvalue weighted by atomic mass is 9.89. The van der Waals surface area contributed by atoms with Gasteiger partial charge in [-0.15, -0.1) is 0 Å². The van der Waals surface area contributed by atoms with Gasteiger partial charge in [0.15, 0.2) is 0 Å². The Hall–Kier alpha value is -0.130. The molecule has 98 valence electrons. The lowest BCUT2D eigenvalue weighted by Gasteiger charge is -2.21. The highest BCUT2D eigenvalue weighted by Crippen LogP contribution is 2.40. The number of hydrogen-bond acceptors (Lipinski definition) is 2. The van der Waals surface area contributed by atoms with Crippen molar-refractivity contribution in [3.8, 4) is 0 Å². The first-order valence-electron chi connectivity index (χ1n) is 6.91. The van der Waals surface area contributed by atoms with Crippen LogP contribution in [0.3, 0.4) is 0 Å². The normalized spacial score (nSPS) is 32.4. The van der Waals surface area contributed by atoms with Gasteiger partial charge in [0.1, 0.15) is 0 Å². The predicted octanol–water partition coefficient (Wildman–Crippen LogP) is 3.10. The molecule has 2 fully saturated rings. The van der Waals surface area contributed by atoms with Crippen molar-refractivity contribution in [1.82, 2.24) is 5.32 Å². The molecule has 2 N–H and O–H groups in total. The Morgan fingerprint density at radius 2 is 2.06 bits per heavy atom. The molecule has 1 aromatic rings. The smallest absolute Gasteiger partial charge is 0.0805 e. The zero-order chi connectivity index (χ0) is 12.5. The average Bonchev–Trinajstić information content (AvgIpc) is 2.95. The van der Waals surface area contributed by atoms with Crippen molar-refractivity contribution in [2.45, 2.75) is 37.8 Å². The minimum atomic E-state index is -0.321. The second kappa shape index (κ2) is 5.47. The summed E-state index contributed by atoms with van der Waals surface area (Å²) in [6.07, 6.45) is 4.66. The summed E-state index contributed by atoms with van der Waals surface area (Å²) in [7, 11) is 0. The highest BCUT2D eigenvalue weighted by molar-refractivity contribution is 14.1. The number of halogens is 1. The third kappa shape index (κ3) is 2.58. The van der Waals surface area contributed by atoms with Crippen molar-refractivity contribution in [2.24, 2.45) is 11.8 Å².